The highest BCUT2D eigenvalue weighted by molar-refractivity contribution is 7.17. The second-order valence-corrected chi connectivity index (χ2v) is 8.93. The second-order valence-electron chi connectivity index (χ2n) is 8.02. The fourth-order valence-corrected chi connectivity index (χ4v) is 5.06. The molecule has 0 saturated carbocycles. The predicted molar refractivity (Wildman–Crippen MR) is 111 cm³/mol. The third-order valence-electron chi connectivity index (χ3n) is 5.38. The highest BCUT2D eigenvalue weighted by atomic mass is 32.1. The number of rotatable bonds is 3. The van der Waals surface area contributed by atoms with Crippen LogP contribution >= 0.6 is 11.3 Å². The summed E-state index contributed by atoms with van der Waals surface area (Å²) in [6.45, 7) is 5.14. The molecule has 4 rings (SSSR count). The molecule has 0 radical (unpaired) electrons. The van der Waals surface area contributed by atoms with Gasteiger partial charge in [0.05, 0.1) is 11.2 Å². The van der Waals surface area contributed by atoms with Crippen molar-refractivity contribution in [1.29, 1.82) is 0 Å². The van der Waals surface area contributed by atoms with Gasteiger partial charge in [0, 0.05) is 19.2 Å². The van der Waals surface area contributed by atoms with Crippen molar-refractivity contribution in [3.8, 4) is 5.69 Å². The quantitative estimate of drug-likeness (QED) is 0.638. The number of amides is 1. The first-order valence-electron chi connectivity index (χ1n) is 9.72. The number of halogens is 2. The number of likely N-dealkylation sites (tertiary alicyclic amines) is 1. The third-order valence-corrected chi connectivity index (χ3v) is 6.27. The normalized spacial score (nSPS) is 19.4. The van der Waals surface area contributed by atoms with Gasteiger partial charge >= 0.3 is 5.69 Å². The minimum Gasteiger partial charge on any atom is -0.341 e. The first kappa shape index (κ1) is 20.5. The van der Waals surface area contributed by atoms with Crippen molar-refractivity contribution < 1.29 is 13.6 Å². The molecule has 1 aliphatic rings. The Morgan fingerprint density at radius 2 is 1.73 bits per heavy atom. The van der Waals surface area contributed by atoms with Crippen molar-refractivity contribution in [2.75, 3.05) is 13.1 Å². The zero-order chi connectivity index (χ0) is 21.6. The number of carbonyl (C=O) groups excluding carboxylic acids is 1. The Balaban J connectivity index is 1.82. The van der Waals surface area contributed by atoms with E-state index in [0.29, 0.717) is 36.5 Å². The van der Waals surface area contributed by atoms with Crippen LogP contribution < -0.4 is 11.2 Å². The van der Waals surface area contributed by atoms with Gasteiger partial charge in [0.25, 0.3) is 5.56 Å². The van der Waals surface area contributed by atoms with E-state index in [4.69, 9.17) is 0 Å². The van der Waals surface area contributed by atoms with E-state index in [1.54, 1.807) is 16.3 Å². The van der Waals surface area contributed by atoms with Crippen molar-refractivity contribution in [2.24, 2.45) is 11.8 Å². The molecule has 9 heteroatoms. The Kier molecular flexibility index (Phi) is 5.31. The number of thiophene rings is 1. The number of fused-ring (bicyclic) bond motifs is 1. The van der Waals surface area contributed by atoms with E-state index in [1.807, 2.05) is 0 Å². The van der Waals surface area contributed by atoms with Gasteiger partial charge in [-0.25, -0.2) is 18.1 Å². The third kappa shape index (κ3) is 3.69. The van der Waals surface area contributed by atoms with Gasteiger partial charge in [0.1, 0.15) is 22.9 Å². The summed E-state index contributed by atoms with van der Waals surface area (Å²) in [5, 5.41) is 1.65. The summed E-state index contributed by atoms with van der Waals surface area (Å²) in [5.74, 6) is -1.30. The summed E-state index contributed by atoms with van der Waals surface area (Å²) in [6.07, 6.45) is 1.04. The zero-order valence-electron chi connectivity index (χ0n) is 16.6. The van der Waals surface area contributed by atoms with Gasteiger partial charge in [-0.2, -0.15) is 0 Å². The number of piperidine rings is 1. The standard InChI is InChI=1S/C21H21F2N3O3S/c1-12-5-13(2)10-24(9-12)18(27)11-25-17-3-4-30-19(17)20(28)26(21(25)29)16-7-14(22)6-15(23)8-16/h3-4,6-8,12-13H,5,9-11H2,1-2H3/t12-,13+. The largest absolute Gasteiger partial charge is 0.341 e. The lowest BCUT2D eigenvalue weighted by molar-refractivity contribution is -0.134. The van der Waals surface area contributed by atoms with Crippen molar-refractivity contribution in [1.82, 2.24) is 14.0 Å². The summed E-state index contributed by atoms with van der Waals surface area (Å²) >= 11 is 1.11. The fourth-order valence-electron chi connectivity index (χ4n) is 4.24. The molecule has 1 fully saturated rings. The molecule has 0 bridgehead atoms. The molecule has 158 valence electrons. The molecule has 0 aliphatic carbocycles. The van der Waals surface area contributed by atoms with Crippen LogP contribution in [0.25, 0.3) is 15.9 Å². The highest BCUT2D eigenvalue weighted by Crippen LogP contribution is 2.22. The highest BCUT2D eigenvalue weighted by Gasteiger charge is 2.27. The first-order chi connectivity index (χ1) is 14.2. The number of nitrogens with zero attached hydrogens (tertiary/aromatic N) is 3. The van der Waals surface area contributed by atoms with E-state index in [9.17, 15) is 23.2 Å². The lowest BCUT2D eigenvalue weighted by atomic mass is 9.92. The number of hydrogen-bond donors (Lipinski definition) is 0. The van der Waals surface area contributed by atoms with E-state index < -0.39 is 22.9 Å². The summed E-state index contributed by atoms with van der Waals surface area (Å²) in [7, 11) is 0. The summed E-state index contributed by atoms with van der Waals surface area (Å²) in [5.41, 5.74) is -1.34. The summed E-state index contributed by atoms with van der Waals surface area (Å²) in [6, 6.07) is 4.12. The van der Waals surface area contributed by atoms with E-state index in [0.717, 1.165) is 34.5 Å². The molecule has 0 unspecified atom stereocenters. The lowest BCUT2D eigenvalue weighted by Crippen LogP contribution is -2.46. The van der Waals surface area contributed by atoms with Crippen LogP contribution in [0, 0.1) is 23.5 Å². The van der Waals surface area contributed by atoms with Crippen LogP contribution in [0.4, 0.5) is 8.78 Å². The Morgan fingerprint density at radius 1 is 1.10 bits per heavy atom. The smallest absolute Gasteiger partial charge is 0.336 e. The van der Waals surface area contributed by atoms with E-state index in [-0.39, 0.29) is 22.8 Å². The molecule has 6 nitrogen and oxygen atoms in total. The van der Waals surface area contributed by atoms with Crippen LogP contribution in [0.1, 0.15) is 20.3 Å². The minimum absolute atomic E-state index is 0.209. The molecule has 1 aromatic carbocycles. The first-order valence-corrected chi connectivity index (χ1v) is 10.6. The topological polar surface area (TPSA) is 64.3 Å². The number of carbonyl (C=O) groups is 1. The monoisotopic (exact) mass is 433 g/mol. The summed E-state index contributed by atoms with van der Waals surface area (Å²) < 4.78 is 29.6. The van der Waals surface area contributed by atoms with E-state index in [1.165, 1.54) is 4.57 Å². The maximum absolute atomic E-state index is 13.7. The van der Waals surface area contributed by atoms with E-state index >= 15 is 0 Å². The van der Waals surface area contributed by atoms with Crippen molar-refractivity contribution >= 4 is 27.5 Å². The molecule has 0 N–H and O–H groups in total. The molecule has 3 aromatic rings. The molecular formula is C21H21F2N3O3S. The van der Waals surface area contributed by atoms with Crippen molar-refractivity contribution in [3.05, 3.63) is 62.1 Å². The Hall–Kier alpha value is -2.81. The van der Waals surface area contributed by atoms with Gasteiger partial charge in [0.15, 0.2) is 0 Å². The fraction of sp³-hybridized carbons (Fsp3) is 0.381. The Bertz CT molecular complexity index is 1220. The maximum Gasteiger partial charge on any atom is 0.336 e. The Labute approximate surface area is 175 Å². The number of benzene rings is 1. The average Bonchev–Trinajstić information content (AvgIpc) is 3.13. The van der Waals surface area contributed by atoms with Gasteiger partial charge < -0.3 is 4.90 Å². The molecule has 1 aliphatic heterocycles. The lowest BCUT2D eigenvalue weighted by Gasteiger charge is -2.35. The molecule has 1 amide bonds. The second kappa shape index (κ2) is 7.79. The van der Waals surface area contributed by atoms with Crippen LogP contribution in [-0.2, 0) is 11.3 Å². The van der Waals surface area contributed by atoms with Crippen molar-refractivity contribution in [2.45, 2.75) is 26.8 Å². The molecular weight excluding hydrogens is 412 g/mol. The predicted octanol–water partition coefficient (Wildman–Crippen LogP) is 3.00. The zero-order valence-corrected chi connectivity index (χ0v) is 17.4. The van der Waals surface area contributed by atoms with Crippen LogP contribution in [0.15, 0.2) is 39.2 Å². The van der Waals surface area contributed by atoms with Crippen LogP contribution in [0.3, 0.4) is 0 Å². The number of aromatic nitrogens is 2. The van der Waals surface area contributed by atoms with Gasteiger partial charge in [-0.05, 0) is 41.8 Å². The summed E-state index contributed by atoms with van der Waals surface area (Å²) in [4.78, 5) is 40.8. The molecule has 2 atom stereocenters. The average molecular weight is 433 g/mol. The van der Waals surface area contributed by atoms with Crippen LogP contribution in [0.2, 0.25) is 0 Å². The number of hydrogen-bond acceptors (Lipinski definition) is 4. The maximum atomic E-state index is 13.7. The van der Waals surface area contributed by atoms with E-state index in [2.05, 4.69) is 13.8 Å². The molecule has 2 aromatic heterocycles. The minimum atomic E-state index is -0.901. The van der Waals surface area contributed by atoms with Gasteiger partial charge in [-0.3, -0.25) is 14.2 Å². The molecule has 0 spiro atoms. The molecule has 1 saturated heterocycles. The van der Waals surface area contributed by atoms with Gasteiger partial charge in [0.2, 0.25) is 5.91 Å². The molecule has 3 heterocycles. The SMILES string of the molecule is C[C@@H]1C[C@H](C)CN(C(=O)Cn2c(=O)n(-c3cc(F)cc(F)c3)c(=O)c3sccc32)C1. The Morgan fingerprint density at radius 3 is 2.37 bits per heavy atom. The van der Waals surface area contributed by atoms with Crippen LogP contribution in [-0.4, -0.2) is 33.0 Å². The van der Waals surface area contributed by atoms with Crippen molar-refractivity contribution in [3.63, 3.8) is 0 Å². The van der Waals surface area contributed by atoms with Crippen LogP contribution in [0.5, 0.6) is 0 Å². The van der Waals surface area contributed by atoms with Gasteiger partial charge in [-0.15, -0.1) is 11.3 Å². The molecule has 30 heavy (non-hydrogen) atoms. The van der Waals surface area contributed by atoms with Gasteiger partial charge in [-0.1, -0.05) is 13.8 Å².